The minimum Gasteiger partial charge on any atom is -0.456 e. The van der Waals surface area contributed by atoms with E-state index in [2.05, 4.69) is 58.0 Å². The normalized spacial score (nSPS) is 15.5. The Labute approximate surface area is 268 Å². The van der Waals surface area contributed by atoms with Crippen LogP contribution in [0.25, 0.3) is 67.2 Å². The van der Waals surface area contributed by atoms with Crippen molar-refractivity contribution < 1.29 is 13.7 Å². The first-order valence-electron chi connectivity index (χ1n) is 15.5. The Morgan fingerprint density at radius 3 is 1.57 bits per heavy atom. The fourth-order valence-corrected chi connectivity index (χ4v) is 6.06. The molecule has 0 aliphatic carbocycles. The van der Waals surface area contributed by atoms with Gasteiger partial charge in [0.05, 0.1) is 11.2 Å². The topological polar surface area (TPSA) is 70.3 Å². The first kappa shape index (κ1) is 28.4. The molecule has 1 saturated heterocycles. The summed E-state index contributed by atoms with van der Waals surface area (Å²) in [5.41, 5.74) is 6.47. The van der Waals surface area contributed by atoms with E-state index < -0.39 is 18.3 Å². The molecule has 5 aromatic carbocycles. The van der Waals surface area contributed by atoms with Gasteiger partial charge in [0, 0.05) is 27.5 Å². The summed E-state index contributed by atoms with van der Waals surface area (Å²) in [6, 6.07) is 40.7. The van der Waals surface area contributed by atoms with Gasteiger partial charge in [-0.1, -0.05) is 103 Å². The number of nitrogens with zero attached hydrogens (tertiary/aromatic N) is 3. The van der Waals surface area contributed by atoms with E-state index in [9.17, 15) is 0 Å². The summed E-state index contributed by atoms with van der Waals surface area (Å²) in [5.74, 6) is 1.87. The average molecular weight is 602 g/mol. The summed E-state index contributed by atoms with van der Waals surface area (Å²) in [4.78, 5) is 14.8. The van der Waals surface area contributed by atoms with Crippen molar-refractivity contribution in [1.82, 2.24) is 15.0 Å². The van der Waals surface area contributed by atoms with Crippen LogP contribution in [0.2, 0.25) is 0 Å². The molecule has 224 valence electrons. The molecular formula is C39H32BN3O3. The van der Waals surface area contributed by atoms with Crippen LogP contribution in [-0.2, 0) is 9.31 Å². The molecule has 1 fully saturated rings. The Kier molecular flexibility index (Phi) is 6.64. The van der Waals surface area contributed by atoms with E-state index in [1.54, 1.807) is 0 Å². The smallest absolute Gasteiger partial charge is 0.456 e. The van der Waals surface area contributed by atoms with E-state index in [4.69, 9.17) is 28.7 Å². The van der Waals surface area contributed by atoms with Gasteiger partial charge in [-0.3, -0.25) is 0 Å². The molecule has 3 heterocycles. The van der Waals surface area contributed by atoms with Crippen LogP contribution in [0.3, 0.4) is 0 Å². The first-order chi connectivity index (χ1) is 22.3. The molecule has 0 N–H and O–H groups in total. The summed E-state index contributed by atoms with van der Waals surface area (Å²) in [7, 11) is -0.521. The molecule has 46 heavy (non-hydrogen) atoms. The number of hydrogen-bond donors (Lipinski definition) is 0. The molecular weight excluding hydrogens is 569 g/mol. The van der Waals surface area contributed by atoms with Gasteiger partial charge in [-0.05, 0) is 62.5 Å². The second-order valence-corrected chi connectivity index (χ2v) is 12.7. The van der Waals surface area contributed by atoms with Gasteiger partial charge in [-0.2, -0.15) is 0 Å². The highest BCUT2D eigenvalue weighted by Gasteiger charge is 2.52. The van der Waals surface area contributed by atoms with E-state index >= 15 is 0 Å². The number of benzene rings is 5. The zero-order valence-corrected chi connectivity index (χ0v) is 26.2. The van der Waals surface area contributed by atoms with Crippen LogP contribution < -0.4 is 5.46 Å². The van der Waals surface area contributed by atoms with Crippen LogP contribution in [0.4, 0.5) is 0 Å². The van der Waals surface area contributed by atoms with Crippen molar-refractivity contribution in [2.24, 2.45) is 0 Å². The van der Waals surface area contributed by atoms with Crippen molar-refractivity contribution >= 4 is 34.5 Å². The lowest BCUT2D eigenvalue weighted by molar-refractivity contribution is 0.00578. The van der Waals surface area contributed by atoms with E-state index in [0.717, 1.165) is 55.2 Å². The number of rotatable bonds is 5. The van der Waals surface area contributed by atoms with Gasteiger partial charge >= 0.3 is 7.12 Å². The summed E-state index contributed by atoms with van der Waals surface area (Å²) in [6.07, 6.45) is 0. The van der Waals surface area contributed by atoms with Crippen molar-refractivity contribution in [3.05, 3.63) is 121 Å². The maximum absolute atomic E-state index is 6.51. The van der Waals surface area contributed by atoms with E-state index in [1.165, 1.54) is 0 Å². The van der Waals surface area contributed by atoms with Gasteiger partial charge in [-0.15, -0.1) is 0 Å². The minimum absolute atomic E-state index is 0.460. The Bertz CT molecular complexity index is 2160. The number of aromatic nitrogens is 3. The van der Waals surface area contributed by atoms with Gasteiger partial charge in [0.15, 0.2) is 17.5 Å². The second-order valence-electron chi connectivity index (χ2n) is 12.7. The molecule has 0 saturated carbocycles. The molecule has 0 bridgehead atoms. The summed E-state index contributed by atoms with van der Waals surface area (Å²) in [5, 5.41) is 2.01. The molecule has 0 atom stereocenters. The third-order valence-corrected chi connectivity index (χ3v) is 9.19. The largest absolute Gasteiger partial charge is 0.495 e. The van der Waals surface area contributed by atoms with Gasteiger partial charge in [0.25, 0.3) is 0 Å². The molecule has 0 radical (unpaired) electrons. The highest BCUT2D eigenvalue weighted by atomic mass is 16.7. The van der Waals surface area contributed by atoms with Gasteiger partial charge in [-0.25, -0.2) is 15.0 Å². The third kappa shape index (κ3) is 4.80. The lowest BCUT2D eigenvalue weighted by atomic mass is 9.76. The maximum Gasteiger partial charge on any atom is 0.495 e. The molecule has 7 heteroatoms. The van der Waals surface area contributed by atoms with Crippen LogP contribution in [0.15, 0.2) is 126 Å². The fourth-order valence-electron chi connectivity index (χ4n) is 6.06. The Balaban J connectivity index is 1.29. The van der Waals surface area contributed by atoms with Crippen molar-refractivity contribution in [2.45, 2.75) is 38.9 Å². The van der Waals surface area contributed by atoms with Crippen molar-refractivity contribution in [1.29, 1.82) is 0 Å². The van der Waals surface area contributed by atoms with Crippen molar-refractivity contribution in [3.8, 4) is 45.3 Å². The summed E-state index contributed by atoms with van der Waals surface area (Å²) in [6.45, 7) is 8.30. The Hall–Kier alpha value is -5.11. The SMILES string of the molecule is CC1(C)OB(c2cccc3oc4cccc(-c5cccc(-c6nc(-c7ccccc7)nc(-c7ccccc7)n6)c5)c4c23)OC1(C)C. The molecule has 8 rings (SSSR count). The minimum atomic E-state index is -0.521. The Morgan fingerprint density at radius 1 is 0.478 bits per heavy atom. The van der Waals surface area contributed by atoms with Crippen LogP contribution >= 0.6 is 0 Å². The van der Waals surface area contributed by atoms with Crippen LogP contribution in [-0.4, -0.2) is 33.3 Å². The number of hydrogen-bond acceptors (Lipinski definition) is 6. The molecule has 0 unspecified atom stereocenters. The quantitative estimate of drug-likeness (QED) is 0.184. The predicted octanol–water partition coefficient (Wildman–Crippen LogP) is 8.74. The molecule has 0 spiro atoms. The molecule has 7 aromatic rings. The lowest BCUT2D eigenvalue weighted by Gasteiger charge is -2.32. The molecule has 2 aromatic heterocycles. The van der Waals surface area contributed by atoms with Crippen LogP contribution in [0, 0.1) is 0 Å². The third-order valence-electron chi connectivity index (χ3n) is 9.19. The average Bonchev–Trinajstić information content (AvgIpc) is 3.57. The van der Waals surface area contributed by atoms with Crippen molar-refractivity contribution in [3.63, 3.8) is 0 Å². The predicted molar refractivity (Wildman–Crippen MR) is 185 cm³/mol. The molecule has 1 aliphatic heterocycles. The lowest BCUT2D eigenvalue weighted by Crippen LogP contribution is -2.41. The highest BCUT2D eigenvalue weighted by Crippen LogP contribution is 2.40. The maximum atomic E-state index is 6.51. The number of fused-ring (bicyclic) bond motifs is 3. The molecule has 6 nitrogen and oxygen atoms in total. The van der Waals surface area contributed by atoms with Gasteiger partial charge in [0.2, 0.25) is 0 Å². The van der Waals surface area contributed by atoms with Crippen LogP contribution in [0.5, 0.6) is 0 Å². The van der Waals surface area contributed by atoms with E-state index in [1.807, 2.05) is 91.0 Å². The zero-order valence-electron chi connectivity index (χ0n) is 26.2. The number of furan rings is 1. The molecule has 1 aliphatic rings. The zero-order chi connectivity index (χ0) is 31.5. The van der Waals surface area contributed by atoms with Crippen molar-refractivity contribution in [2.75, 3.05) is 0 Å². The Morgan fingerprint density at radius 2 is 0.957 bits per heavy atom. The van der Waals surface area contributed by atoms with Gasteiger partial charge in [0.1, 0.15) is 11.2 Å². The second kappa shape index (κ2) is 10.8. The summed E-state index contributed by atoms with van der Waals surface area (Å²) < 4.78 is 19.4. The highest BCUT2D eigenvalue weighted by molar-refractivity contribution is 6.66. The fraction of sp³-hybridized carbons (Fsp3) is 0.154. The van der Waals surface area contributed by atoms with Gasteiger partial charge < -0.3 is 13.7 Å². The standard InChI is InChI=1S/C39H32BN3O3/c1-38(2)39(3,4)46-40(45-38)30-21-13-23-32-34(30)33-29(20-12-22-31(33)44-32)27-18-11-19-28(24-27)37-42-35(25-14-7-5-8-15-25)41-36(43-37)26-16-9-6-10-17-26/h5-24H,1-4H3. The molecule has 0 amide bonds. The van der Waals surface area contributed by atoms with E-state index in [0.29, 0.717) is 17.5 Å². The summed E-state index contributed by atoms with van der Waals surface area (Å²) >= 11 is 0. The monoisotopic (exact) mass is 601 g/mol. The first-order valence-corrected chi connectivity index (χ1v) is 15.5. The van der Waals surface area contributed by atoms with E-state index in [-0.39, 0.29) is 0 Å². The van der Waals surface area contributed by atoms with Crippen LogP contribution in [0.1, 0.15) is 27.7 Å².